The van der Waals surface area contributed by atoms with Crippen LogP contribution in [0.4, 0.5) is 4.79 Å². The molecule has 0 spiro atoms. The number of esters is 1. The average Bonchev–Trinajstić information content (AvgIpc) is 2.91. The van der Waals surface area contributed by atoms with E-state index in [1.165, 1.54) is 25.5 Å². The second kappa shape index (κ2) is 14.3. The number of carbonyl (C=O) groups excluding carboxylic acids is 2. The van der Waals surface area contributed by atoms with Crippen molar-refractivity contribution in [2.24, 2.45) is 5.10 Å². The number of nitrogens with zero attached hydrogens (tertiary/aromatic N) is 2. The average molecular weight is 592 g/mol. The number of methoxy groups -OCH3 is 1. The van der Waals surface area contributed by atoms with E-state index < -0.39 is 24.3 Å². The third-order valence-corrected chi connectivity index (χ3v) is 5.97. The minimum atomic E-state index is -1.20. The van der Waals surface area contributed by atoms with Crippen LogP contribution in [0.3, 0.4) is 0 Å². The molecule has 0 fully saturated rings. The van der Waals surface area contributed by atoms with Crippen LogP contribution in [0.5, 0.6) is 17.2 Å². The second-order valence-corrected chi connectivity index (χ2v) is 8.99. The maximum atomic E-state index is 12.4. The number of hydrazone groups is 1. The van der Waals surface area contributed by atoms with E-state index in [2.05, 4.69) is 21.2 Å². The molecule has 3 rings (SSSR count). The van der Waals surface area contributed by atoms with Crippen molar-refractivity contribution in [2.75, 3.05) is 26.9 Å². The number of rotatable bonds is 12. The molecule has 0 radical (unpaired) electrons. The maximum absolute atomic E-state index is 12.4. The molecule has 1 heterocycles. The molecule has 0 aromatic heterocycles. The van der Waals surface area contributed by atoms with Crippen molar-refractivity contribution >= 4 is 41.4 Å². The van der Waals surface area contributed by atoms with Crippen molar-refractivity contribution in [1.29, 1.82) is 5.26 Å². The summed E-state index contributed by atoms with van der Waals surface area (Å²) < 4.78 is 21.5. The van der Waals surface area contributed by atoms with Gasteiger partial charge in [0.2, 0.25) is 0 Å². The molecule has 0 aliphatic carbocycles. The van der Waals surface area contributed by atoms with Crippen molar-refractivity contribution in [1.82, 2.24) is 16.1 Å². The Labute approximate surface area is 240 Å². The third kappa shape index (κ3) is 7.69. The van der Waals surface area contributed by atoms with Crippen molar-refractivity contribution < 1.29 is 33.6 Å². The molecule has 0 bridgehead atoms. The number of aliphatic hydroxyl groups is 1. The van der Waals surface area contributed by atoms with E-state index in [9.17, 15) is 14.7 Å². The highest BCUT2D eigenvalue weighted by molar-refractivity contribution is 6.37. The van der Waals surface area contributed by atoms with Gasteiger partial charge in [0.1, 0.15) is 12.7 Å². The zero-order chi connectivity index (χ0) is 29.2. The molecule has 2 aromatic carbocycles. The first kappa shape index (κ1) is 30.4. The fraction of sp³-hybridized carbons (Fsp3) is 0.308. The summed E-state index contributed by atoms with van der Waals surface area (Å²) in [6.45, 7) is 3.32. The Morgan fingerprint density at radius 1 is 1.23 bits per heavy atom. The Morgan fingerprint density at radius 3 is 2.60 bits per heavy atom. The normalized spacial score (nSPS) is 15.5. The SMILES string of the molecule is CCOc1cc([C@@H]2NC(=O)NC(C)=C2C(=O)OC)ccc1OC[C@@H](O)N/N=C\c1cc(Cl)c(OCC#N)c(Cl)c1. The lowest BCUT2D eigenvalue weighted by Gasteiger charge is -2.28. The first-order valence-corrected chi connectivity index (χ1v) is 12.7. The Balaban J connectivity index is 1.68. The van der Waals surface area contributed by atoms with Gasteiger partial charge in [-0.25, -0.2) is 9.59 Å². The summed E-state index contributed by atoms with van der Waals surface area (Å²) >= 11 is 12.3. The van der Waals surface area contributed by atoms with Crippen molar-refractivity contribution in [3.05, 3.63) is 62.8 Å². The molecule has 4 N–H and O–H groups in total. The van der Waals surface area contributed by atoms with Gasteiger partial charge >= 0.3 is 12.0 Å². The maximum Gasteiger partial charge on any atom is 0.337 e. The Hall–Kier alpha value is -4.18. The molecule has 0 unspecified atom stereocenters. The predicted molar refractivity (Wildman–Crippen MR) is 147 cm³/mol. The van der Waals surface area contributed by atoms with Crippen molar-refractivity contribution in [3.63, 3.8) is 0 Å². The van der Waals surface area contributed by atoms with E-state index in [-0.39, 0.29) is 34.6 Å². The molecule has 1 aliphatic heterocycles. The van der Waals surface area contributed by atoms with Gasteiger partial charge in [-0.15, -0.1) is 0 Å². The summed E-state index contributed by atoms with van der Waals surface area (Å²) in [5.74, 6) is 0.265. The second-order valence-electron chi connectivity index (χ2n) is 8.18. The van der Waals surface area contributed by atoms with Crippen LogP contribution in [-0.2, 0) is 9.53 Å². The summed E-state index contributed by atoms with van der Waals surface area (Å²) in [7, 11) is 1.26. The molecule has 0 saturated carbocycles. The number of halogens is 2. The van der Waals surface area contributed by atoms with Crippen LogP contribution in [-0.4, -0.2) is 56.5 Å². The molecular weight excluding hydrogens is 565 g/mol. The lowest BCUT2D eigenvalue weighted by atomic mass is 9.95. The molecule has 40 heavy (non-hydrogen) atoms. The number of hydrogen-bond acceptors (Lipinski definition) is 10. The topological polar surface area (TPSA) is 164 Å². The number of hydrogen-bond donors (Lipinski definition) is 4. The van der Waals surface area contributed by atoms with Gasteiger partial charge in [-0.2, -0.15) is 10.4 Å². The molecule has 1 aliphatic rings. The lowest BCUT2D eigenvalue weighted by molar-refractivity contribution is -0.136. The van der Waals surface area contributed by atoms with Gasteiger partial charge in [-0.05, 0) is 49.2 Å². The van der Waals surface area contributed by atoms with E-state index in [1.807, 2.05) is 6.07 Å². The van der Waals surface area contributed by atoms with Gasteiger partial charge < -0.3 is 34.7 Å². The number of nitrogens with one attached hydrogen (secondary N) is 3. The fourth-order valence-corrected chi connectivity index (χ4v) is 4.33. The predicted octanol–water partition coefficient (Wildman–Crippen LogP) is 3.42. The monoisotopic (exact) mass is 591 g/mol. The molecule has 2 aromatic rings. The summed E-state index contributed by atoms with van der Waals surface area (Å²) in [5.41, 5.74) is 4.24. The van der Waals surface area contributed by atoms with Crippen LogP contribution in [0.25, 0.3) is 0 Å². The van der Waals surface area contributed by atoms with Crippen molar-refractivity contribution in [3.8, 4) is 23.3 Å². The largest absolute Gasteiger partial charge is 0.490 e. The number of ether oxygens (including phenoxy) is 4. The third-order valence-electron chi connectivity index (χ3n) is 5.41. The summed E-state index contributed by atoms with van der Waals surface area (Å²) in [4.78, 5) is 24.5. The minimum Gasteiger partial charge on any atom is -0.490 e. The molecule has 2 amide bonds. The summed E-state index contributed by atoms with van der Waals surface area (Å²) in [6, 6.07) is 8.59. The first-order valence-electron chi connectivity index (χ1n) is 11.9. The van der Waals surface area contributed by atoms with Gasteiger partial charge in [0.05, 0.1) is 41.6 Å². The fourth-order valence-electron chi connectivity index (χ4n) is 3.72. The number of allylic oxidation sites excluding steroid dienone is 1. The molecular formula is C26H27Cl2N5O7. The Morgan fingerprint density at radius 2 is 1.95 bits per heavy atom. The van der Waals surface area contributed by atoms with Crippen LogP contribution >= 0.6 is 23.2 Å². The Bertz CT molecular complexity index is 1340. The molecule has 12 nitrogen and oxygen atoms in total. The van der Waals surface area contributed by atoms with Gasteiger partial charge in [0.15, 0.2) is 30.1 Å². The van der Waals surface area contributed by atoms with E-state index in [0.29, 0.717) is 34.9 Å². The van der Waals surface area contributed by atoms with Gasteiger partial charge in [-0.1, -0.05) is 29.3 Å². The number of amides is 2. The Kier molecular flexibility index (Phi) is 10.8. The number of benzene rings is 2. The van der Waals surface area contributed by atoms with Crippen LogP contribution in [0, 0.1) is 11.3 Å². The molecule has 2 atom stereocenters. The highest BCUT2D eigenvalue weighted by Gasteiger charge is 2.32. The quantitative estimate of drug-likeness (QED) is 0.125. The van der Waals surface area contributed by atoms with Crippen molar-refractivity contribution in [2.45, 2.75) is 26.1 Å². The molecule has 212 valence electrons. The first-order chi connectivity index (χ1) is 19.2. The summed E-state index contributed by atoms with van der Waals surface area (Å²) in [6.07, 6.45) is 0.187. The highest BCUT2D eigenvalue weighted by atomic mass is 35.5. The van der Waals surface area contributed by atoms with Gasteiger partial charge in [0, 0.05) is 5.70 Å². The summed E-state index contributed by atoms with van der Waals surface area (Å²) in [5, 5.41) is 28.6. The standard InChI is InChI=1S/C26H27Cl2N5O7/c1-4-38-20-11-16(23-22(25(35)37-3)14(2)31-26(36)32-23)5-6-19(20)40-13-21(34)33-30-12-15-9-17(27)24(18(28)10-15)39-8-7-29/h5-6,9-12,21,23,33-34H,4,8,13H2,1-3H3,(H2,31,32,36)/b30-12-/t21-,23+/m1/s1. The molecule has 14 heteroatoms. The number of nitriles is 1. The smallest absolute Gasteiger partial charge is 0.337 e. The minimum absolute atomic E-state index is 0.190. The van der Waals surface area contributed by atoms with E-state index in [4.69, 9.17) is 47.4 Å². The van der Waals surface area contributed by atoms with Crippen LogP contribution in [0.1, 0.15) is 31.0 Å². The van der Waals surface area contributed by atoms with E-state index >= 15 is 0 Å². The lowest BCUT2D eigenvalue weighted by Crippen LogP contribution is -2.45. The van der Waals surface area contributed by atoms with Crippen LogP contribution < -0.4 is 30.3 Å². The number of carbonyl (C=O) groups is 2. The zero-order valence-corrected chi connectivity index (χ0v) is 23.3. The zero-order valence-electron chi connectivity index (χ0n) is 21.8. The van der Waals surface area contributed by atoms with E-state index in [0.717, 1.165) is 0 Å². The van der Waals surface area contributed by atoms with Crippen LogP contribution in [0.2, 0.25) is 10.0 Å². The number of urea groups is 1. The van der Waals surface area contributed by atoms with Gasteiger partial charge in [-0.3, -0.25) is 5.43 Å². The number of aliphatic hydroxyl groups excluding tert-OH is 1. The highest BCUT2D eigenvalue weighted by Crippen LogP contribution is 2.35. The van der Waals surface area contributed by atoms with Crippen LogP contribution in [0.15, 0.2) is 46.7 Å². The van der Waals surface area contributed by atoms with E-state index in [1.54, 1.807) is 32.0 Å². The molecule has 0 saturated heterocycles. The van der Waals surface area contributed by atoms with Gasteiger partial charge in [0.25, 0.3) is 0 Å².